The van der Waals surface area contributed by atoms with Gasteiger partial charge in [-0.1, -0.05) is 0 Å². The van der Waals surface area contributed by atoms with E-state index in [1.165, 1.54) is 19.1 Å². The maximum atomic E-state index is 13.2. The number of carbonyl (C=O) groups excluding carboxylic acids is 2. The van der Waals surface area contributed by atoms with Crippen molar-refractivity contribution in [1.82, 2.24) is 0 Å². The molecule has 1 aromatic carbocycles. The first-order chi connectivity index (χ1) is 7.04. The normalized spacial score (nSPS) is 9.53. The molecule has 15 heavy (non-hydrogen) atoms. The van der Waals surface area contributed by atoms with Gasteiger partial charge in [0.2, 0.25) is 0 Å². The number of ether oxygens (including phenoxy) is 2. The predicted molar refractivity (Wildman–Crippen MR) is 49.0 cm³/mol. The zero-order valence-electron chi connectivity index (χ0n) is 8.24. The molecule has 0 atom stereocenters. The van der Waals surface area contributed by atoms with Gasteiger partial charge < -0.3 is 9.47 Å². The van der Waals surface area contributed by atoms with Crippen LogP contribution in [0.2, 0.25) is 0 Å². The van der Waals surface area contributed by atoms with Crippen molar-refractivity contribution in [2.45, 2.75) is 6.92 Å². The second-order valence-corrected chi connectivity index (χ2v) is 2.73. The summed E-state index contributed by atoms with van der Waals surface area (Å²) in [4.78, 5) is 21.6. The molecule has 0 saturated heterocycles. The number of rotatable bonds is 2. The van der Waals surface area contributed by atoms with E-state index in [-0.39, 0.29) is 11.3 Å². The lowest BCUT2D eigenvalue weighted by molar-refractivity contribution is -0.131. The molecule has 5 heteroatoms. The average molecular weight is 212 g/mol. The van der Waals surface area contributed by atoms with Crippen LogP contribution in [0.1, 0.15) is 17.3 Å². The van der Waals surface area contributed by atoms with Crippen molar-refractivity contribution in [2.75, 3.05) is 7.11 Å². The van der Waals surface area contributed by atoms with E-state index >= 15 is 0 Å². The quantitative estimate of drug-likeness (QED) is 0.551. The average Bonchev–Trinajstić information content (AvgIpc) is 2.16. The topological polar surface area (TPSA) is 52.6 Å². The van der Waals surface area contributed by atoms with E-state index in [1.807, 2.05) is 0 Å². The third-order valence-corrected chi connectivity index (χ3v) is 1.61. The van der Waals surface area contributed by atoms with Crippen molar-refractivity contribution in [3.63, 3.8) is 0 Å². The molecule has 0 aromatic heterocycles. The fourth-order valence-corrected chi connectivity index (χ4v) is 1.00. The first-order valence-electron chi connectivity index (χ1n) is 4.11. The van der Waals surface area contributed by atoms with Gasteiger partial charge in [-0.25, -0.2) is 9.18 Å². The maximum Gasteiger partial charge on any atom is 0.340 e. The van der Waals surface area contributed by atoms with Crippen LogP contribution in [0.3, 0.4) is 0 Å². The Morgan fingerprint density at radius 1 is 1.33 bits per heavy atom. The highest BCUT2D eigenvalue weighted by molar-refractivity contribution is 5.89. The molecular formula is C10H9FO4. The van der Waals surface area contributed by atoms with Gasteiger partial charge in [0.15, 0.2) is 0 Å². The minimum absolute atomic E-state index is 0.0488. The highest BCUT2D eigenvalue weighted by Gasteiger charge is 2.13. The van der Waals surface area contributed by atoms with Crippen molar-refractivity contribution < 1.29 is 23.5 Å². The van der Waals surface area contributed by atoms with Crippen LogP contribution in [0, 0.1) is 5.82 Å². The van der Waals surface area contributed by atoms with Gasteiger partial charge in [0.25, 0.3) is 0 Å². The Morgan fingerprint density at radius 3 is 2.47 bits per heavy atom. The fourth-order valence-electron chi connectivity index (χ4n) is 1.00. The van der Waals surface area contributed by atoms with E-state index in [2.05, 4.69) is 9.47 Å². The molecule has 1 aromatic rings. The SMILES string of the molecule is COC(=O)c1ccc(OC(C)=O)cc1F. The Balaban J connectivity index is 2.97. The van der Waals surface area contributed by atoms with Crippen molar-refractivity contribution in [3.8, 4) is 5.75 Å². The van der Waals surface area contributed by atoms with Crippen molar-refractivity contribution in [2.24, 2.45) is 0 Å². The Hall–Kier alpha value is -1.91. The highest BCUT2D eigenvalue weighted by Crippen LogP contribution is 2.17. The monoisotopic (exact) mass is 212 g/mol. The van der Waals surface area contributed by atoms with E-state index in [0.717, 1.165) is 13.2 Å². The summed E-state index contributed by atoms with van der Waals surface area (Å²) in [5, 5.41) is 0. The Morgan fingerprint density at radius 2 is 2.00 bits per heavy atom. The third-order valence-electron chi connectivity index (χ3n) is 1.61. The summed E-state index contributed by atoms with van der Waals surface area (Å²) in [6.45, 7) is 1.20. The highest BCUT2D eigenvalue weighted by atomic mass is 19.1. The van der Waals surface area contributed by atoms with Crippen molar-refractivity contribution >= 4 is 11.9 Å². The van der Waals surface area contributed by atoms with Crippen molar-refractivity contribution in [3.05, 3.63) is 29.6 Å². The molecule has 0 aliphatic rings. The summed E-state index contributed by atoms with van der Waals surface area (Å²) >= 11 is 0. The number of carbonyl (C=O) groups is 2. The zero-order valence-corrected chi connectivity index (χ0v) is 8.24. The Kier molecular flexibility index (Phi) is 3.38. The van der Waals surface area contributed by atoms with Gasteiger partial charge in [0.05, 0.1) is 12.7 Å². The summed E-state index contributed by atoms with van der Waals surface area (Å²) < 4.78 is 22.2. The minimum atomic E-state index is -0.791. The second kappa shape index (κ2) is 4.54. The molecule has 0 fully saturated rings. The van der Waals surface area contributed by atoms with E-state index in [9.17, 15) is 14.0 Å². The summed E-state index contributed by atoms with van der Waals surface area (Å²) in [5.41, 5.74) is -0.201. The van der Waals surface area contributed by atoms with Gasteiger partial charge in [-0.15, -0.1) is 0 Å². The van der Waals surface area contributed by atoms with Crippen LogP contribution in [-0.4, -0.2) is 19.0 Å². The van der Waals surface area contributed by atoms with Crippen LogP contribution in [0.15, 0.2) is 18.2 Å². The van der Waals surface area contributed by atoms with Gasteiger partial charge >= 0.3 is 11.9 Å². The van der Waals surface area contributed by atoms with E-state index in [1.54, 1.807) is 0 Å². The lowest BCUT2D eigenvalue weighted by Gasteiger charge is -2.04. The second-order valence-electron chi connectivity index (χ2n) is 2.73. The van der Waals surface area contributed by atoms with Gasteiger partial charge in [0.1, 0.15) is 11.6 Å². The molecule has 0 aliphatic carbocycles. The molecule has 80 valence electrons. The van der Waals surface area contributed by atoms with E-state index < -0.39 is 17.8 Å². The van der Waals surface area contributed by atoms with Gasteiger partial charge in [-0.05, 0) is 12.1 Å². The first kappa shape index (κ1) is 11.2. The van der Waals surface area contributed by atoms with Crippen LogP contribution in [0.25, 0.3) is 0 Å². The zero-order chi connectivity index (χ0) is 11.4. The van der Waals surface area contributed by atoms with Crippen LogP contribution < -0.4 is 4.74 Å². The molecule has 4 nitrogen and oxygen atoms in total. The molecule has 0 radical (unpaired) electrons. The fraction of sp³-hybridized carbons (Fsp3) is 0.200. The lowest BCUT2D eigenvalue weighted by atomic mass is 10.2. The summed E-state index contributed by atoms with van der Waals surface area (Å²) in [5.74, 6) is -2.07. The van der Waals surface area contributed by atoms with E-state index in [0.29, 0.717) is 0 Å². The third kappa shape index (κ3) is 2.77. The largest absolute Gasteiger partial charge is 0.465 e. The molecule has 0 bridgehead atoms. The molecule has 0 unspecified atom stereocenters. The van der Waals surface area contributed by atoms with Gasteiger partial charge in [-0.2, -0.15) is 0 Å². The van der Waals surface area contributed by atoms with Crippen LogP contribution >= 0.6 is 0 Å². The van der Waals surface area contributed by atoms with E-state index in [4.69, 9.17) is 0 Å². The predicted octanol–water partition coefficient (Wildman–Crippen LogP) is 1.54. The molecule has 0 heterocycles. The molecule has 0 spiro atoms. The Labute approximate surface area is 85.6 Å². The molecule has 0 aliphatic heterocycles. The summed E-state index contributed by atoms with van der Waals surface area (Å²) in [6, 6.07) is 3.46. The van der Waals surface area contributed by atoms with Crippen LogP contribution in [-0.2, 0) is 9.53 Å². The van der Waals surface area contributed by atoms with Gasteiger partial charge in [-0.3, -0.25) is 4.79 Å². The molecule has 0 N–H and O–H groups in total. The maximum absolute atomic E-state index is 13.2. The Bertz CT molecular complexity index is 400. The number of hydrogen-bond donors (Lipinski definition) is 0. The number of halogens is 1. The smallest absolute Gasteiger partial charge is 0.340 e. The molecule has 0 amide bonds. The van der Waals surface area contributed by atoms with Crippen molar-refractivity contribution in [1.29, 1.82) is 0 Å². The summed E-state index contributed by atoms with van der Waals surface area (Å²) in [7, 11) is 1.15. The van der Waals surface area contributed by atoms with Gasteiger partial charge in [0, 0.05) is 13.0 Å². The van der Waals surface area contributed by atoms with Crippen LogP contribution in [0.5, 0.6) is 5.75 Å². The first-order valence-corrected chi connectivity index (χ1v) is 4.11. The van der Waals surface area contributed by atoms with Crippen LogP contribution in [0.4, 0.5) is 4.39 Å². The standard InChI is InChI=1S/C10H9FO4/c1-6(12)15-7-3-4-8(9(11)5-7)10(13)14-2/h3-5H,1-2H3. The number of benzene rings is 1. The number of methoxy groups -OCH3 is 1. The molecule has 0 saturated carbocycles. The number of hydrogen-bond acceptors (Lipinski definition) is 4. The molecule has 1 rings (SSSR count). The number of esters is 2. The lowest BCUT2D eigenvalue weighted by Crippen LogP contribution is -2.06. The molecular weight excluding hydrogens is 203 g/mol. The summed E-state index contributed by atoms with van der Waals surface area (Å²) in [6.07, 6.45) is 0. The minimum Gasteiger partial charge on any atom is -0.465 e.